The monoisotopic (exact) mass is 364 g/mol. The maximum Gasteiger partial charge on any atom is 0.232 e. The fraction of sp³-hybridized carbons (Fsp3) is 0.455. The van der Waals surface area contributed by atoms with Gasteiger partial charge >= 0.3 is 0 Å². The zero-order valence-corrected chi connectivity index (χ0v) is 16.2. The highest BCUT2D eigenvalue weighted by Gasteiger charge is 2.39. The average molecular weight is 364 g/mol. The van der Waals surface area contributed by atoms with Crippen LogP contribution in [0.4, 0.5) is 0 Å². The largest absolute Gasteiger partial charge is 0.350 e. The molecule has 1 aliphatic carbocycles. The number of carbonyl (C=O) groups excluding carboxylic acids is 1. The Kier molecular flexibility index (Phi) is 5.12. The minimum Gasteiger partial charge on any atom is -0.350 e. The second-order valence-electron chi connectivity index (χ2n) is 7.59. The van der Waals surface area contributed by atoms with Crippen molar-refractivity contribution in [2.24, 2.45) is 5.92 Å². The van der Waals surface area contributed by atoms with Crippen LogP contribution in [0.1, 0.15) is 43.6 Å². The van der Waals surface area contributed by atoms with Gasteiger partial charge in [0.25, 0.3) is 0 Å². The highest BCUT2D eigenvalue weighted by atomic mass is 16.2. The van der Waals surface area contributed by atoms with Crippen molar-refractivity contribution in [3.05, 3.63) is 58.9 Å². The molecule has 0 saturated heterocycles. The number of nitrogens with one attached hydrogen (secondary N) is 1. The molecule has 0 spiro atoms. The van der Waals surface area contributed by atoms with Gasteiger partial charge in [0, 0.05) is 19.6 Å². The SMILES string of the molecule is CCCN1CCCn2nc(CNC(=O)[C@@H]3C(C)=C3c3ccccc3)cc2C1. The average Bonchev–Trinajstić information content (AvgIpc) is 3.27. The van der Waals surface area contributed by atoms with Crippen LogP contribution >= 0.6 is 0 Å². The minimum absolute atomic E-state index is 0.0760. The van der Waals surface area contributed by atoms with E-state index in [4.69, 9.17) is 5.10 Å². The molecule has 1 aromatic carbocycles. The molecule has 2 aliphatic rings. The van der Waals surface area contributed by atoms with E-state index >= 15 is 0 Å². The van der Waals surface area contributed by atoms with Crippen molar-refractivity contribution in [2.75, 3.05) is 13.1 Å². The third-order valence-corrected chi connectivity index (χ3v) is 5.54. The molecule has 5 nitrogen and oxygen atoms in total. The summed E-state index contributed by atoms with van der Waals surface area (Å²) in [4.78, 5) is 15.1. The zero-order valence-electron chi connectivity index (χ0n) is 16.2. The summed E-state index contributed by atoms with van der Waals surface area (Å²) in [5.74, 6) is 0.00930. The van der Waals surface area contributed by atoms with Gasteiger partial charge in [-0.2, -0.15) is 5.10 Å². The van der Waals surface area contributed by atoms with Crippen molar-refractivity contribution in [3.63, 3.8) is 0 Å². The van der Waals surface area contributed by atoms with E-state index in [1.165, 1.54) is 23.3 Å². The first kappa shape index (κ1) is 18.0. The highest BCUT2D eigenvalue weighted by Crippen LogP contribution is 2.46. The van der Waals surface area contributed by atoms with Crippen LogP contribution in [-0.4, -0.2) is 33.7 Å². The van der Waals surface area contributed by atoms with Gasteiger partial charge < -0.3 is 5.32 Å². The quantitative estimate of drug-likeness (QED) is 0.856. The molecule has 0 fully saturated rings. The van der Waals surface area contributed by atoms with Crippen LogP contribution in [0.2, 0.25) is 0 Å². The standard InChI is InChI=1S/C22H28N4O/c1-3-10-25-11-7-12-26-19(15-25)13-18(24-26)14-23-22(27)21-16(2)20(21)17-8-5-4-6-9-17/h4-6,8-9,13,21H,3,7,10-12,14-15H2,1-2H3,(H,23,27)/t21-/m1/s1. The van der Waals surface area contributed by atoms with Gasteiger partial charge in [-0.25, -0.2) is 0 Å². The molecule has 2 heterocycles. The van der Waals surface area contributed by atoms with E-state index in [1.807, 2.05) is 25.1 Å². The van der Waals surface area contributed by atoms with Crippen LogP contribution in [0.25, 0.3) is 5.57 Å². The first-order valence-electron chi connectivity index (χ1n) is 9.99. The fourth-order valence-corrected chi connectivity index (χ4v) is 4.13. The Morgan fingerprint density at radius 3 is 2.85 bits per heavy atom. The molecule has 5 heteroatoms. The molecule has 0 saturated carbocycles. The second kappa shape index (κ2) is 7.69. The number of hydrogen-bond donors (Lipinski definition) is 1. The molecule has 0 bridgehead atoms. The Bertz CT molecular complexity index is 852. The predicted molar refractivity (Wildman–Crippen MR) is 107 cm³/mol. The summed E-state index contributed by atoms with van der Waals surface area (Å²) >= 11 is 0. The van der Waals surface area contributed by atoms with Crippen molar-refractivity contribution < 1.29 is 4.79 Å². The number of amides is 1. The van der Waals surface area contributed by atoms with E-state index in [0.29, 0.717) is 6.54 Å². The summed E-state index contributed by atoms with van der Waals surface area (Å²) in [6.07, 6.45) is 2.31. The number of carbonyl (C=O) groups is 1. The van der Waals surface area contributed by atoms with Gasteiger partial charge in [0.2, 0.25) is 5.91 Å². The lowest BCUT2D eigenvalue weighted by Gasteiger charge is -2.17. The molecule has 0 radical (unpaired) electrons. The lowest BCUT2D eigenvalue weighted by Crippen LogP contribution is -2.26. The van der Waals surface area contributed by atoms with E-state index in [1.54, 1.807) is 0 Å². The molecule has 0 unspecified atom stereocenters. The van der Waals surface area contributed by atoms with E-state index in [-0.39, 0.29) is 11.8 Å². The normalized spacial score (nSPS) is 19.6. The second-order valence-corrected chi connectivity index (χ2v) is 7.59. The van der Waals surface area contributed by atoms with E-state index in [2.05, 4.69) is 40.0 Å². The molecule has 1 atom stereocenters. The van der Waals surface area contributed by atoms with Crippen molar-refractivity contribution in [1.82, 2.24) is 20.0 Å². The van der Waals surface area contributed by atoms with Gasteiger partial charge in [0.15, 0.2) is 0 Å². The number of aryl methyl sites for hydroxylation is 1. The van der Waals surface area contributed by atoms with Crippen LogP contribution in [0, 0.1) is 5.92 Å². The molecule has 1 N–H and O–H groups in total. The Balaban J connectivity index is 1.35. The lowest BCUT2D eigenvalue weighted by molar-refractivity contribution is -0.121. The summed E-state index contributed by atoms with van der Waals surface area (Å²) in [7, 11) is 0. The van der Waals surface area contributed by atoms with Crippen LogP contribution in [0.5, 0.6) is 0 Å². The van der Waals surface area contributed by atoms with Crippen molar-refractivity contribution in [1.29, 1.82) is 0 Å². The Morgan fingerprint density at radius 1 is 1.26 bits per heavy atom. The van der Waals surface area contributed by atoms with Crippen LogP contribution in [-0.2, 0) is 24.4 Å². The maximum absolute atomic E-state index is 12.6. The van der Waals surface area contributed by atoms with Gasteiger partial charge in [0.1, 0.15) is 0 Å². The smallest absolute Gasteiger partial charge is 0.232 e. The molecule has 1 aromatic heterocycles. The summed E-state index contributed by atoms with van der Waals surface area (Å²) in [6.45, 7) is 8.96. The summed E-state index contributed by atoms with van der Waals surface area (Å²) in [6, 6.07) is 12.3. The van der Waals surface area contributed by atoms with E-state index in [9.17, 15) is 4.79 Å². The minimum atomic E-state index is -0.0760. The van der Waals surface area contributed by atoms with Crippen LogP contribution in [0.15, 0.2) is 42.0 Å². The van der Waals surface area contributed by atoms with Gasteiger partial charge in [0.05, 0.1) is 23.9 Å². The van der Waals surface area contributed by atoms with Crippen LogP contribution in [0.3, 0.4) is 0 Å². The van der Waals surface area contributed by atoms with E-state index in [0.717, 1.165) is 43.9 Å². The number of benzene rings is 1. The summed E-state index contributed by atoms with van der Waals surface area (Å²) in [5, 5.41) is 7.80. The predicted octanol–water partition coefficient (Wildman–Crippen LogP) is 3.22. The first-order chi connectivity index (χ1) is 13.2. The fourth-order valence-electron chi connectivity index (χ4n) is 4.13. The number of aromatic nitrogens is 2. The highest BCUT2D eigenvalue weighted by molar-refractivity contribution is 6.05. The lowest BCUT2D eigenvalue weighted by atomic mass is 10.1. The maximum atomic E-state index is 12.6. The van der Waals surface area contributed by atoms with Gasteiger partial charge in [-0.1, -0.05) is 42.8 Å². The Labute approximate surface area is 161 Å². The van der Waals surface area contributed by atoms with Gasteiger partial charge in [-0.05, 0) is 43.5 Å². The third-order valence-electron chi connectivity index (χ3n) is 5.54. The molecule has 27 heavy (non-hydrogen) atoms. The summed E-state index contributed by atoms with van der Waals surface area (Å²) in [5.41, 5.74) is 5.71. The number of rotatable bonds is 6. The Hall–Kier alpha value is -2.40. The third kappa shape index (κ3) is 3.83. The van der Waals surface area contributed by atoms with Crippen LogP contribution < -0.4 is 5.32 Å². The van der Waals surface area contributed by atoms with Gasteiger partial charge in [-0.3, -0.25) is 14.4 Å². The molecule has 2 aromatic rings. The number of fused-ring (bicyclic) bond motifs is 1. The number of nitrogens with zero attached hydrogens (tertiary/aromatic N) is 3. The van der Waals surface area contributed by atoms with Crippen molar-refractivity contribution >= 4 is 11.5 Å². The van der Waals surface area contributed by atoms with Crippen molar-refractivity contribution in [2.45, 2.75) is 46.3 Å². The molecule has 1 aliphatic heterocycles. The summed E-state index contributed by atoms with van der Waals surface area (Å²) < 4.78 is 2.12. The molecule has 142 valence electrons. The zero-order chi connectivity index (χ0) is 18.8. The van der Waals surface area contributed by atoms with E-state index < -0.39 is 0 Å². The number of hydrogen-bond acceptors (Lipinski definition) is 3. The van der Waals surface area contributed by atoms with Crippen molar-refractivity contribution in [3.8, 4) is 0 Å². The molecular formula is C22H28N4O. The Morgan fingerprint density at radius 2 is 2.07 bits per heavy atom. The molecule has 4 rings (SSSR count). The van der Waals surface area contributed by atoms with Gasteiger partial charge in [-0.15, -0.1) is 0 Å². The topological polar surface area (TPSA) is 50.2 Å². The molecular weight excluding hydrogens is 336 g/mol. The first-order valence-corrected chi connectivity index (χ1v) is 9.99. The molecule has 1 amide bonds.